The number of aromatic nitrogens is 2. The Bertz CT molecular complexity index is 457. The van der Waals surface area contributed by atoms with Crippen molar-refractivity contribution in [2.45, 2.75) is 25.7 Å². The molecule has 0 spiro atoms. The van der Waals surface area contributed by atoms with Gasteiger partial charge < -0.3 is 15.1 Å². The van der Waals surface area contributed by atoms with Crippen molar-refractivity contribution >= 4 is 11.7 Å². The molecule has 0 aliphatic carbocycles. The maximum Gasteiger partial charge on any atom is 0.272 e. The van der Waals surface area contributed by atoms with Gasteiger partial charge in [0, 0.05) is 25.7 Å². The molecule has 1 N–H and O–H groups in total. The molecule has 1 aliphatic heterocycles. The molecule has 1 aliphatic rings. The van der Waals surface area contributed by atoms with Gasteiger partial charge >= 0.3 is 0 Å². The number of rotatable bonds is 6. The Labute approximate surface area is 126 Å². The van der Waals surface area contributed by atoms with E-state index < -0.39 is 0 Å². The van der Waals surface area contributed by atoms with Gasteiger partial charge in [0.1, 0.15) is 17.8 Å². The van der Waals surface area contributed by atoms with Gasteiger partial charge in [0.15, 0.2) is 0 Å². The molecular weight excluding hydrogens is 266 g/mol. The zero-order valence-electron chi connectivity index (χ0n) is 13.0. The summed E-state index contributed by atoms with van der Waals surface area (Å²) < 4.78 is 0. The highest BCUT2D eigenvalue weighted by molar-refractivity contribution is 5.92. The van der Waals surface area contributed by atoms with Gasteiger partial charge in [-0.25, -0.2) is 9.97 Å². The van der Waals surface area contributed by atoms with Crippen LogP contribution in [-0.4, -0.2) is 65.9 Å². The van der Waals surface area contributed by atoms with Gasteiger partial charge in [0.25, 0.3) is 5.91 Å². The van der Waals surface area contributed by atoms with Gasteiger partial charge in [0.2, 0.25) is 0 Å². The van der Waals surface area contributed by atoms with E-state index in [2.05, 4.69) is 34.3 Å². The summed E-state index contributed by atoms with van der Waals surface area (Å²) >= 11 is 0. The summed E-state index contributed by atoms with van der Waals surface area (Å²) in [4.78, 5) is 24.7. The number of amides is 1. The zero-order valence-corrected chi connectivity index (χ0v) is 13.0. The molecule has 1 aromatic rings. The van der Waals surface area contributed by atoms with E-state index >= 15 is 0 Å². The van der Waals surface area contributed by atoms with Crippen LogP contribution in [0, 0.1) is 0 Å². The number of likely N-dealkylation sites (tertiary alicyclic amines) is 1. The summed E-state index contributed by atoms with van der Waals surface area (Å²) in [5.74, 6) is 0.748. The molecule has 0 aromatic carbocycles. The molecule has 0 saturated carbocycles. The highest BCUT2D eigenvalue weighted by Crippen LogP contribution is 2.13. The Hall–Kier alpha value is -1.69. The van der Waals surface area contributed by atoms with E-state index in [4.69, 9.17) is 0 Å². The van der Waals surface area contributed by atoms with Gasteiger partial charge in [-0.2, -0.15) is 0 Å². The molecular formula is C15H25N5O. The zero-order chi connectivity index (χ0) is 15.1. The molecule has 2 heterocycles. The van der Waals surface area contributed by atoms with Crippen molar-refractivity contribution in [3.05, 3.63) is 18.1 Å². The van der Waals surface area contributed by atoms with Crippen LogP contribution < -0.4 is 5.32 Å². The van der Waals surface area contributed by atoms with Crippen LogP contribution in [0.25, 0.3) is 0 Å². The molecule has 1 aromatic heterocycles. The first-order chi connectivity index (χ1) is 10.2. The Kier molecular flexibility index (Phi) is 5.92. The number of anilines is 1. The third-order valence-corrected chi connectivity index (χ3v) is 3.62. The third kappa shape index (κ3) is 4.97. The molecule has 6 nitrogen and oxygen atoms in total. The lowest BCUT2D eigenvalue weighted by molar-refractivity contribution is 0.0718. The predicted octanol–water partition coefficient (Wildman–Crippen LogP) is 1.47. The van der Waals surface area contributed by atoms with Gasteiger partial charge in [-0.3, -0.25) is 4.79 Å². The quantitative estimate of drug-likeness (QED) is 0.804. The molecule has 0 unspecified atom stereocenters. The topological polar surface area (TPSA) is 61.4 Å². The van der Waals surface area contributed by atoms with E-state index in [1.165, 1.54) is 12.7 Å². The number of hydrogen-bond acceptors (Lipinski definition) is 5. The number of hydrogen-bond donors (Lipinski definition) is 1. The largest absolute Gasteiger partial charge is 0.370 e. The minimum Gasteiger partial charge on any atom is -0.370 e. The molecule has 1 fully saturated rings. The fraction of sp³-hybridized carbons (Fsp3) is 0.667. The van der Waals surface area contributed by atoms with Crippen molar-refractivity contribution in [3.8, 4) is 0 Å². The SMILES string of the molecule is CN(C)CCCNc1cc(C(=O)N2CCCCC2)ncn1. The molecule has 1 amide bonds. The number of nitrogens with one attached hydrogen (secondary N) is 1. The highest BCUT2D eigenvalue weighted by Gasteiger charge is 2.19. The average Bonchev–Trinajstić information content (AvgIpc) is 2.52. The molecule has 0 radical (unpaired) electrons. The summed E-state index contributed by atoms with van der Waals surface area (Å²) in [6, 6.07) is 1.76. The van der Waals surface area contributed by atoms with Gasteiger partial charge in [0.05, 0.1) is 0 Å². The van der Waals surface area contributed by atoms with Crippen LogP contribution in [0.1, 0.15) is 36.2 Å². The van der Waals surface area contributed by atoms with E-state index in [9.17, 15) is 4.79 Å². The maximum atomic E-state index is 12.4. The first-order valence-corrected chi connectivity index (χ1v) is 7.67. The fourth-order valence-electron chi connectivity index (χ4n) is 2.44. The third-order valence-electron chi connectivity index (χ3n) is 3.62. The molecule has 6 heteroatoms. The van der Waals surface area contributed by atoms with Crippen molar-refractivity contribution in [2.75, 3.05) is 45.6 Å². The van der Waals surface area contributed by atoms with Crippen molar-refractivity contribution in [2.24, 2.45) is 0 Å². The number of piperidine rings is 1. The maximum absolute atomic E-state index is 12.4. The Morgan fingerprint density at radius 1 is 1.29 bits per heavy atom. The Balaban J connectivity index is 1.89. The van der Waals surface area contributed by atoms with Crippen molar-refractivity contribution in [1.82, 2.24) is 19.8 Å². The lowest BCUT2D eigenvalue weighted by Crippen LogP contribution is -2.36. The molecule has 0 atom stereocenters. The van der Waals surface area contributed by atoms with Gasteiger partial charge in [-0.05, 0) is 46.3 Å². The summed E-state index contributed by atoms with van der Waals surface area (Å²) in [6.45, 7) is 3.55. The van der Waals surface area contributed by atoms with Crippen LogP contribution >= 0.6 is 0 Å². The van der Waals surface area contributed by atoms with E-state index in [-0.39, 0.29) is 5.91 Å². The second-order valence-electron chi connectivity index (χ2n) is 5.72. The molecule has 1 saturated heterocycles. The second kappa shape index (κ2) is 7.93. The summed E-state index contributed by atoms with van der Waals surface area (Å²) in [6.07, 6.45) is 5.89. The second-order valence-corrected chi connectivity index (χ2v) is 5.72. The van der Waals surface area contributed by atoms with E-state index in [1.54, 1.807) is 6.07 Å². The summed E-state index contributed by atoms with van der Waals surface area (Å²) in [7, 11) is 4.11. The molecule has 2 rings (SSSR count). The number of carbonyl (C=O) groups excluding carboxylic acids is 1. The van der Waals surface area contributed by atoms with Crippen LogP contribution in [-0.2, 0) is 0 Å². The minimum atomic E-state index is 0.0217. The van der Waals surface area contributed by atoms with Crippen LogP contribution in [0.4, 0.5) is 5.82 Å². The highest BCUT2D eigenvalue weighted by atomic mass is 16.2. The van der Waals surface area contributed by atoms with Crippen molar-refractivity contribution in [1.29, 1.82) is 0 Å². The standard InChI is InChI=1S/C15H25N5O/c1-19(2)8-6-7-16-14-11-13(17-12-18-14)15(21)20-9-4-3-5-10-20/h11-12H,3-10H2,1-2H3,(H,16,17,18). The molecule has 0 bridgehead atoms. The van der Waals surface area contributed by atoms with E-state index in [0.29, 0.717) is 5.69 Å². The predicted molar refractivity (Wildman–Crippen MR) is 83.4 cm³/mol. The smallest absolute Gasteiger partial charge is 0.272 e. The lowest BCUT2D eigenvalue weighted by Gasteiger charge is -2.26. The summed E-state index contributed by atoms with van der Waals surface area (Å²) in [5.41, 5.74) is 0.488. The number of nitrogens with zero attached hydrogens (tertiary/aromatic N) is 4. The summed E-state index contributed by atoms with van der Waals surface area (Å²) in [5, 5.41) is 3.25. The monoisotopic (exact) mass is 291 g/mol. The van der Waals surface area contributed by atoms with E-state index in [1.807, 2.05) is 4.90 Å². The minimum absolute atomic E-state index is 0.0217. The first-order valence-electron chi connectivity index (χ1n) is 7.67. The molecule has 21 heavy (non-hydrogen) atoms. The first kappa shape index (κ1) is 15.7. The van der Waals surface area contributed by atoms with Crippen LogP contribution in [0.2, 0.25) is 0 Å². The van der Waals surface area contributed by atoms with Crippen LogP contribution in [0.15, 0.2) is 12.4 Å². The normalized spacial score (nSPS) is 15.3. The van der Waals surface area contributed by atoms with E-state index in [0.717, 1.165) is 51.3 Å². The number of carbonyl (C=O) groups is 1. The molecule has 116 valence electrons. The average molecular weight is 291 g/mol. The van der Waals surface area contributed by atoms with Crippen molar-refractivity contribution < 1.29 is 4.79 Å². The van der Waals surface area contributed by atoms with Crippen LogP contribution in [0.3, 0.4) is 0 Å². The fourth-order valence-corrected chi connectivity index (χ4v) is 2.44. The van der Waals surface area contributed by atoms with Crippen LogP contribution in [0.5, 0.6) is 0 Å². The Morgan fingerprint density at radius 3 is 2.76 bits per heavy atom. The lowest BCUT2D eigenvalue weighted by atomic mass is 10.1. The van der Waals surface area contributed by atoms with Crippen molar-refractivity contribution in [3.63, 3.8) is 0 Å². The Morgan fingerprint density at radius 2 is 2.05 bits per heavy atom. The van der Waals surface area contributed by atoms with Gasteiger partial charge in [-0.15, -0.1) is 0 Å². The van der Waals surface area contributed by atoms with Gasteiger partial charge in [-0.1, -0.05) is 0 Å².